The van der Waals surface area contributed by atoms with E-state index in [2.05, 4.69) is 13.0 Å². The van der Waals surface area contributed by atoms with Crippen molar-refractivity contribution in [2.45, 2.75) is 77.6 Å². The second kappa shape index (κ2) is 4.55. The smallest absolute Gasteiger partial charge is 0.00737 e. The Morgan fingerprint density at radius 1 is 0.913 bits per heavy atom. The molecule has 0 N–H and O–H groups in total. The van der Waals surface area contributed by atoms with Crippen molar-refractivity contribution in [2.24, 2.45) is 40.9 Å². The third kappa shape index (κ3) is 1.79. The molecule has 0 nitrogen and oxygen atoms in total. The molecule has 3 unspecified atom stereocenters. The fraction of sp³-hybridized carbons (Fsp3) is 0.826. The third-order valence-corrected chi connectivity index (χ3v) is 9.20. The van der Waals surface area contributed by atoms with E-state index in [0.29, 0.717) is 5.41 Å². The van der Waals surface area contributed by atoms with Crippen molar-refractivity contribution < 1.29 is 0 Å². The lowest BCUT2D eigenvalue weighted by atomic mass is 9.47. The summed E-state index contributed by atoms with van der Waals surface area (Å²) in [5.74, 6) is 6.16. The van der Waals surface area contributed by atoms with Crippen LogP contribution in [0, 0.1) is 40.9 Å². The van der Waals surface area contributed by atoms with Gasteiger partial charge in [0.05, 0.1) is 0 Å². The van der Waals surface area contributed by atoms with Crippen molar-refractivity contribution in [1.29, 1.82) is 0 Å². The Labute approximate surface area is 141 Å². The average Bonchev–Trinajstić information content (AvgIpc) is 3.08. The van der Waals surface area contributed by atoms with E-state index in [9.17, 15) is 0 Å². The Kier molecular flexibility index (Phi) is 2.72. The fourth-order valence-electron chi connectivity index (χ4n) is 8.67. The summed E-state index contributed by atoms with van der Waals surface area (Å²) in [6, 6.07) is 0. The highest BCUT2D eigenvalue weighted by atomic mass is 14.6. The quantitative estimate of drug-likeness (QED) is 0.534. The number of hydrogen-bond donors (Lipinski definition) is 0. The zero-order valence-electron chi connectivity index (χ0n) is 14.8. The van der Waals surface area contributed by atoms with Crippen molar-refractivity contribution in [2.75, 3.05) is 0 Å². The molecule has 0 amide bonds. The number of allylic oxidation sites excluding steroid dienone is 4. The van der Waals surface area contributed by atoms with E-state index in [0.717, 1.165) is 35.5 Å². The van der Waals surface area contributed by atoms with Crippen LogP contribution in [-0.2, 0) is 0 Å². The van der Waals surface area contributed by atoms with Crippen molar-refractivity contribution in [3.63, 3.8) is 0 Å². The number of fused-ring (bicyclic) bond motifs is 2. The van der Waals surface area contributed by atoms with Gasteiger partial charge in [0.2, 0.25) is 0 Å². The minimum atomic E-state index is 0.670. The second-order valence-corrected chi connectivity index (χ2v) is 10.4. The molecule has 0 radical (unpaired) electrons. The van der Waals surface area contributed by atoms with E-state index in [1.807, 2.05) is 16.7 Å². The zero-order chi connectivity index (χ0) is 15.2. The minimum absolute atomic E-state index is 0.670. The molecule has 0 aliphatic heterocycles. The van der Waals surface area contributed by atoms with Gasteiger partial charge < -0.3 is 0 Å². The van der Waals surface area contributed by atoms with Crippen LogP contribution in [0.4, 0.5) is 0 Å². The molecule has 0 heteroatoms. The van der Waals surface area contributed by atoms with Crippen molar-refractivity contribution >= 4 is 0 Å². The predicted octanol–water partition coefficient (Wildman–Crippen LogP) is 6.29. The van der Waals surface area contributed by atoms with Gasteiger partial charge in [-0.15, -0.1) is 0 Å². The minimum Gasteiger partial charge on any atom is -0.0596 e. The molecule has 0 aromatic heterocycles. The van der Waals surface area contributed by atoms with Gasteiger partial charge in [0.15, 0.2) is 0 Å². The summed E-state index contributed by atoms with van der Waals surface area (Å²) in [5, 5.41) is 0. The van der Waals surface area contributed by atoms with Crippen molar-refractivity contribution in [1.82, 2.24) is 0 Å². The Morgan fingerprint density at radius 3 is 2.26 bits per heavy atom. The first-order valence-corrected chi connectivity index (χ1v) is 10.7. The highest BCUT2D eigenvalue weighted by Gasteiger charge is 2.54. The molecule has 7 aliphatic carbocycles. The molecular formula is C23H32. The van der Waals surface area contributed by atoms with Crippen LogP contribution in [0.25, 0.3) is 0 Å². The molecular weight excluding hydrogens is 276 g/mol. The first-order chi connectivity index (χ1) is 11.2. The van der Waals surface area contributed by atoms with Gasteiger partial charge in [0.1, 0.15) is 0 Å². The Balaban J connectivity index is 1.33. The zero-order valence-corrected chi connectivity index (χ0v) is 14.8. The molecule has 5 fully saturated rings. The normalized spacial score (nSPS) is 53.5. The van der Waals surface area contributed by atoms with Gasteiger partial charge in [-0.25, -0.2) is 0 Å². The van der Waals surface area contributed by atoms with Gasteiger partial charge >= 0.3 is 0 Å². The highest BCUT2D eigenvalue weighted by Crippen LogP contribution is 2.66. The Morgan fingerprint density at radius 2 is 1.57 bits per heavy atom. The lowest BCUT2D eigenvalue weighted by molar-refractivity contribution is -0.0315. The highest BCUT2D eigenvalue weighted by molar-refractivity contribution is 5.48. The molecule has 0 aromatic rings. The molecule has 4 bridgehead atoms. The summed E-state index contributed by atoms with van der Waals surface area (Å²) in [7, 11) is 0. The lowest BCUT2D eigenvalue weighted by Gasteiger charge is -2.57. The Hall–Kier alpha value is -0.520. The molecule has 23 heavy (non-hydrogen) atoms. The van der Waals surface area contributed by atoms with Gasteiger partial charge in [-0.2, -0.15) is 0 Å². The first kappa shape index (κ1) is 13.7. The first-order valence-electron chi connectivity index (χ1n) is 10.7. The van der Waals surface area contributed by atoms with E-state index < -0.39 is 0 Å². The molecule has 0 heterocycles. The maximum absolute atomic E-state index is 2.78. The van der Waals surface area contributed by atoms with Crippen LogP contribution >= 0.6 is 0 Å². The van der Waals surface area contributed by atoms with Crippen LogP contribution in [0.1, 0.15) is 77.6 Å². The van der Waals surface area contributed by atoms with Gasteiger partial charge in [-0.3, -0.25) is 0 Å². The molecule has 7 rings (SSSR count). The van der Waals surface area contributed by atoms with Gasteiger partial charge in [-0.1, -0.05) is 37.0 Å². The summed E-state index contributed by atoms with van der Waals surface area (Å²) < 4.78 is 0. The fourth-order valence-corrected chi connectivity index (χ4v) is 8.67. The summed E-state index contributed by atoms with van der Waals surface area (Å²) in [6.45, 7) is 2.56. The van der Waals surface area contributed by atoms with Crippen LogP contribution in [-0.4, -0.2) is 0 Å². The molecule has 0 spiro atoms. The molecule has 5 saturated carbocycles. The van der Waals surface area contributed by atoms with E-state index in [-0.39, 0.29) is 0 Å². The largest absolute Gasteiger partial charge is 0.0596 e. The topological polar surface area (TPSA) is 0 Å². The van der Waals surface area contributed by atoms with E-state index >= 15 is 0 Å². The summed E-state index contributed by atoms with van der Waals surface area (Å²) in [6.07, 6.45) is 19.7. The lowest BCUT2D eigenvalue weighted by Crippen LogP contribution is -2.46. The number of hydrogen-bond acceptors (Lipinski definition) is 0. The van der Waals surface area contributed by atoms with Crippen LogP contribution in [0.5, 0.6) is 0 Å². The van der Waals surface area contributed by atoms with E-state index in [4.69, 9.17) is 0 Å². The molecule has 3 atom stereocenters. The second-order valence-electron chi connectivity index (χ2n) is 10.4. The maximum Gasteiger partial charge on any atom is -0.00737 e. The van der Waals surface area contributed by atoms with Crippen LogP contribution < -0.4 is 0 Å². The van der Waals surface area contributed by atoms with Crippen LogP contribution in [0.3, 0.4) is 0 Å². The molecule has 7 aliphatic rings. The SMILES string of the molecule is CC1C2=C(CC(C34CC5CC(CC(C5)C3)C4)=C2)C2CCCCC12. The third-order valence-electron chi connectivity index (χ3n) is 9.20. The summed E-state index contributed by atoms with van der Waals surface area (Å²) >= 11 is 0. The van der Waals surface area contributed by atoms with Crippen LogP contribution in [0.15, 0.2) is 22.8 Å². The Bertz CT molecular complexity index is 568. The maximum atomic E-state index is 2.78. The van der Waals surface area contributed by atoms with E-state index in [1.54, 1.807) is 38.5 Å². The monoisotopic (exact) mass is 308 g/mol. The number of rotatable bonds is 1. The van der Waals surface area contributed by atoms with Crippen molar-refractivity contribution in [3.05, 3.63) is 22.8 Å². The standard InChI is InChI=1S/C23H32/c1-14-19-4-2-3-5-20(19)22-10-18(9-21(14)22)23-11-15-6-16(12-23)8-17(7-15)13-23/h9,14-17,19-20H,2-8,10-13H2,1H3. The predicted molar refractivity (Wildman–Crippen MR) is 94.9 cm³/mol. The summed E-state index contributed by atoms with van der Waals surface area (Å²) in [5.41, 5.74) is 6.38. The van der Waals surface area contributed by atoms with Crippen LogP contribution in [0.2, 0.25) is 0 Å². The summed E-state index contributed by atoms with van der Waals surface area (Å²) in [4.78, 5) is 0. The van der Waals surface area contributed by atoms with Gasteiger partial charge in [0.25, 0.3) is 0 Å². The van der Waals surface area contributed by atoms with Gasteiger partial charge in [0, 0.05) is 0 Å². The molecule has 124 valence electrons. The molecule has 0 saturated heterocycles. The molecule has 0 aromatic carbocycles. The van der Waals surface area contributed by atoms with Crippen molar-refractivity contribution in [3.8, 4) is 0 Å². The van der Waals surface area contributed by atoms with E-state index in [1.165, 1.54) is 32.1 Å². The average molecular weight is 309 g/mol. The van der Waals surface area contributed by atoms with Gasteiger partial charge in [-0.05, 0) is 104 Å².